The van der Waals surface area contributed by atoms with E-state index in [-0.39, 0.29) is 0 Å². The molecule has 0 fully saturated rings. The van der Waals surface area contributed by atoms with E-state index in [2.05, 4.69) is 10.1 Å². The van der Waals surface area contributed by atoms with Gasteiger partial charge in [0.1, 0.15) is 10.1 Å². The average Bonchev–Trinajstić information content (AvgIpc) is 2.58. The predicted molar refractivity (Wildman–Crippen MR) is 66.9 cm³/mol. The Kier molecular flexibility index (Phi) is 3.49. The zero-order valence-electron chi connectivity index (χ0n) is 10.1. The highest BCUT2D eigenvalue weighted by molar-refractivity contribution is 7.99. The molecule has 0 radical (unpaired) electrons. The molecule has 2 aromatic heterocycles. The van der Waals surface area contributed by atoms with Gasteiger partial charge in [0.15, 0.2) is 0 Å². The summed E-state index contributed by atoms with van der Waals surface area (Å²) < 4.78 is 1.84. The Bertz CT molecular complexity index is 505. The number of nitrogens with zero attached hydrogens (tertiary/aromatic N) is 3. The number of hydrogen-bond donors (Lipinski definition) is 1. The van der Waals surface area contributed by atoms with Crippen molar-refractivity contribution in [1.29, 1.82) is 0 Å². The van der Waals surface area contributed by atoms with Crippen LogP contribution in [0.1, 0.15) is 24.3 Å². The highest BCUT2D eigenvalue weighted by Crippen LogP contribution is 2.26. The molecular weight excluding hydrogens is 234 g/mol. The highest BCUT2D eigenvalue weighted by Gasteiger charge is 2.06. The van der Waals surface area contributed by atoms with E-state index < -0.39 is 6.10 Å². The largest absolute Gasteiger partial charge is 0.389 e. The number of aryl methyl sites for hydroxylation is 2. The van der Waals surface area contributed by atoms with Gasteiger partial charge in [0, 0.05) is 13.2 Å². The lowest BCUT2D eigenvalue weighted by Gasteiger charge is -2.05. The Morgan fingerprint density at radius 3 is 2.65 bits per heavy atom. The summed E-state index contributed by atoms with van der Waals surface area (Å²) >= 11 is 1.56. The fraction of sp³-hybridized carbons (Fsp3) is 0.333. The van der Waals surface area contributed by atoms with Gasteiger partial charge >= 0.3 is 0 Å². The van der Waals surface area contributed by atoms with E-state index in [1.165, 1.54) is 0 Å². The van der Waals surface area contributed by atoms with Gasteiger partial charge in [-0.25, -0.2) is 4.98 Å². The quantitative estimate of drug-likeness (QED) is 0.907. The van der Waals surface area contributed by atoms with Gasteiger partial charge in [-0.2, -0.15) is 5.10 Å². The molecule has 5 heteroatoms. The fourth-order valence-corrected chi connectivity index (χ4v) is 2.35. The van der Waals surface area contributed by atoms with E-state index in [1.807, 2.05) is 36.9 Å². The van der Waals surface area contributed by atoms with Crippen LogP contribution in [0.15, 0.2) is 34.4 Å². The molecular formula is C12H15N3OS. The summed E-state index contributed by atoms with van der Waals surface area (Å²) in [5, 5.41) is 15.6. The van der Waals surface area contributed by atoms with E-state index in [1.54, 1.807) is 24.9 Å². The molecule has 0 aliphatic carbocycles. The van der Waals surface area contributed by atoms with Crippen molar-refractivity contribution in [3.05, 3.63) is 35.7 Å². The summed E-state index contributed by atoms with van der Waals surface area (Å²) in [7, 11) is 1.92. The van der Waals surface area contributed by atoms with Crippen LogP contribution in [-0.2, 0) is 7.05 Å². The summed E-state index contributed by atoms with van der Waals surface area (Å²) in [4.78, 5) is 4.31. The monoisotopic (exact) mass is 249 g/mol. The van der Waals surface area contributed by atoms with Crippen molar-refractivity contribution < 1.29 is 5.11 Å². The lowest BCUT2D eigenvalue weighted by molar-refractivity contribution is 0.198. The van der Waals surface area contributed by atoms with Crippen LogP contribution in [0.5, 0.6) is 0 Å². The Hall–Kier alpha value is -1.33. The third-order valence-corrected chi connectivity index (χ3v) is 3.45. The number of hydrogen-bond acceptors (Lipinski definition) is 4. The van der Waals surface area contributed by atoms with Crippen LogP contribution in [0.4, 0.5) is 0 Å². The third kappa shape index (κ3) is 2.87. The molecule has 17 heavy (non-hydrogen) atoms. The zero-order valence-corrected chi connectivity index (χ0v) is 10.9. The van der Waals surface area contributed by atoms with Crippen LogP contribution in [-0.4, -0.2) is 19.9 Å². The van der Waals surface area contributed by atoms with Crippen LogP contribution < -0.4 is 0 Å². The number of pyridine rings is 1. The van der Waals surface area contributed by atoms with E-state index >= 15 is 0 Å². The van der Waals surface area contributed by atoms with Crippen LogP contribution in [0, 0.1) is 6.92 Å². The first-order valence-corrected chi connectivity index (χ1v) is 6.20. The van der Waals surface area contributed by atoms with Gasteiger partial charge in [0.05, 0.1) is 11.8 Å². The van der Waals surface area contributed by atoms with Gasteiger partial charge in [0.2, 0.25) is 0 Å². The fourth-order valence-electron chi connectivity index (χ4n) is 1.49. The van der Waals surface area contributed by atoms with Gasteiger partial charge in [-0.1, -0.05) is 17.8 Å². The number of aromatic nitrogens is 3. The maximum Gasteiger partial charge on any atom is 0.102 e. The number of aliphatic hydroxyl groups is 1. The molecule has 0 aliphatic heterocycles. The van der Waals surface area contributed by atoms with Gasteiger partial charge in [-0.15, -0.1) is 0 Å². The number of rotatable bonds is 3. The Morgan fingerprint density at radius 1 is 1.41 bits per heavy atom. The van der Waals surface area contributed by atoms with E-state index in [9.17, 15) is 5.11 Å². The van der Waals surface area contributed by atoms with Gasteiger partial charge in [-0.3, -0.25) is 4.68 Å². The first-order chi connectivity index (χ1) is 8.06. The van der Waals surface area contributed by atoms with Crippen LogP contribution in [0.25, 0.3) is 0 Å². The van der Waals surface area contributed by atoms with Crippen molar-refractivity contribution in [2.24, 2.45) is 7.05 Å². The molecule has 0 spiro atoms. The standard InChI is InChI=1S/C12H15N3OS/c1-8-6-12(15(3)14-8)17-11-5-4-10(7-13-11)9(2)16/h4-7,9,16H,1-3H3/t9-/m1/s1. The first-order valence-electron chi connectivity index (χ1n) is 5.39. The highest BCUT2D eigenvalue weighted by atomic mass is 32.2. The molecule has 0 unspecified atom stereocenters. The lowest BCUT2D eigenvalue weighted by Crippen LogP contribution is -1.94. The second-order valence-corrected chi connectivity index (χ2v) is 5.00. The van der Waals surface area contributed by atoms with Crippen molar-refractivity contribution in [1.82, 2.24) is 14.8 Å². The van der Waals surface area contributed by atoms with Crippen molar-refractivity contribution in [2.75, 3.05) is 0 Å². The molecule has 1 N–H and O–H groups in total. The minimum atomic E-state index is -0.472. The molecule has 2 aromatic rings. The number of aliphatic hydroxyl groups excluding tert-OH is 1. The summed E-state index contributed by atoms with van der Waals surface area (Å²) in [6.07, 6.45) is 1.23. The van der Waals surface area contributed by atoms with Crippen LogP contribution in [0.2, 0.25) is 0 Å². The van der Waals surface area contributed by atoms with Gasteiger partial charge in [-0.05, 0) is 31.5 Å². The molecule has 4 nitrogen and oxygen atoms in total. The summed E-state index contributed by atoms with van der Waals surface area (Å²) in [5.41, 5.74) is 1.83. The van der Waals surface area contributed by atoms with E-state index in [0.717, 1.165) is 21.3 Å². The van der Waals surface area contributed by atoms with Crippen LogP contribution >= 0.6 is 11.8 Å². The zero-order chi connectivity index (χ0) is 12.4. The molecule has 0 bridgehead atoms. The molecule has 2 rings (SSSR count). The molecule has 0 saturated heterocycles. The maximum atomic E-state index is 9.39. The van der Waals surface area contributed by atoms with Crippen LogP contribution in [0.3, 0.4) is 0 Å². The van der Waals surface area contributed by atoms with Crippen molar-refractivity contribution >= 4 is 11.8 Å². The molecule has 0 amide bonds. The normalized spacial score (nSPS) is 12.7. The van der Waals surface area contributed by atoms with Gasteiger partial charge in [0.25, 0.3) is 0 Å². The smallest absolute Gasteiger partial charge is 0.102 e. The first kappa shape index (κ1) is 12.1. The Labute approximate surface area is 105 Å². The average molecular weight is 249 g/mol. The summed E-state index contributed by atoms with van der Waals surface area (Å²) in [5.74, 6) is 0. The van der Waals surface area contributed by atoms with Crippen molar-refractivity contribution in [3.63, 3.8) is 0 Å². The molecule has 90 valence electrons. The predicted octanol–water partition coefficient (Wildman–Crippen LogP) is 2.33. The molecule has 2 heterocycles. The molecule has 0 aliphatic rings. The van der Waals surface area contributed by atoms with E-state index in [0.29, 0.717) is 0 Å². The topological polar surface area (TPSA) is 50.9 Å². The minimum Gasteiger partial charge on any atom is -0.389 e. The van der Waals surface area contributed by atoms with E-state index in [4.69, 9.17) is 0 Å². The molecule has 1 atom stereocenters. The molecule has 0 saturated carbocycles. The minimum absolute atomic E-state index is 0.472. The lowest BCUT2D eigenvalue weighted by atomic mass is 10.2. The summed E-state index contributed by atoms with van der Waals surface area (Å²) in [6.45, 7) is 3.70. The third-order valence-electron chi connectivity index (χ3n) is 2.41. The second-order valence-electron chi connectivity index (χ2n) is 3.96. The molecule has 0 aromatic carbocycles. The SMILES string of the molecule is Cc1cc(Sc2ccc([C@@H](C)O)cn2)n(C)n1. The maximum absolute atomic E-state index is 9.39. The summed E-state index contributed by atoms with van der Waals surface area (Å²) in [6, 6.07) is 5.83. The second kappa shape index (κ2) is 4.89. The Balaban J connectivity index is 2.16. The Morgan fingerprint density at radius 2 is 2.18 bits per heavy atom. The van der Waals surface area contributed by atoms with Crippen molar-refractivity contribution in [2.45, 2.75) is 30.0 Å². The van der Waals surface area contributed by atoms with Crippen molar-refractivity contribution in [3.8, 4) is 0 Å². The van der Waals surface area contributed by atoms with Gasteiger partial charge < -0.3 is 5.11 Å².